The maximum Gasteiger partial charge on any atom is 0.261 e. The zero-order valence-corrected chi connectivity index (χ0v) is 10.7. The van der Waals surface area contributed by atoms with E-state index < -0.39 is 0 Å². The number of hydrogen-bond donors (Lipinski definition) is 1. The number of amides is 2. The molecule has 2 aromatic carbocycles. The van der Waals surface area contributed by atoms with Crippen LogP contribution in [0, 0.1) is 0 Å². The summed E-state index contributed by atoms with van der Waals surface area (Å²) in [5, 5.41) is 9.00. The lowest BCUT2D eigenvalue weighted by Gasteiger charge is -2.14. The quantitative estimate of drug-likeness (QED) is 0.865. The first kappa shape index (κ1) is 12.6. The van der Waals surface area contributed by atoms with E-state index in [1.54, 1.807) is 36.4 Å². The van der Waals surface area contributed by atoms with Gasteiger partial charge in [-0.3, -0.25) is 14.5 Å². The molecule has 0 aliphatic carbocycles. The first-order chi connectivity index (χ1) is 9.70. The van der Waals surface area contributed by atoms with Gasteiger partial charge in [-0.15, -0.1) is 0 Å². The lowest BCUT2D eigenvalue weighted by atomic mass is 10.1. The van der Waals surface area contributed by atoms with Crippen molar-refractivity contribution in [2.45, 2.75) is 13.2 Å². The molecule has 2 amide bonds. The molecule has 0 atom stereocenters. The Balaban J connectivity index is 1.85. The van der Waals surface area contributed by atoms with Gasteiger partial charge in [0.05, 0.1) is 24.3 Å². The number of fused-ring (bicyclic) bond motifs is 1. The molecule has 0 aromatic heterocycles. The third kappa shape index (κ3) is 2.00. The van der Waals surface area contributed by atoms with E-state index in [9.17, 15) is 9.59 Å². The third-order valence-electron chi connectivity index (χ3n) is 3.42. The number of aliphatic hydroxyl groups is 1. The van der Waals surface area contributed by atoms with Crippen molar-refractivity contribution >= 4 is 11.8 Å². The normalized spacial score (nSPS) is 13.8. The number of imide groups is 1. The van der Waals surface area contributed by atoms with Crippen molar-refractivity contribution in [3.63, 3.8) is 0 Å². The second kappa shape index (κ2) is 4.90. The van der Waals surface area contributed by atoms with E-state index in [0.717, 1.165) is 11.1 Å². The van der Waals surface area contributed by atoms with E-state index in [1.165, 1.54) is 4.90 Å². The number of rotatable bonds is 3. The molecule has 4 heteroatoms. The van der Waals surface area contributed by atoms with Gasteiger partial charge in [-0.1, -0.05) is 36.4 Å². The van der Waals surface area contributed by atoms with Gasteiger partial charge in [0.2, 0.25) is 0 Å². The van der Waals surface area contributed by atoms with Gasteiger partial charge in [-0.05, 0) is 23.3 Å². The summed E-state index contributed by atoms with van der Waals surface area (Å²) in [7, 11) is 0. The summed E-state index contributed by atoms with van der Waals surface area (Å²) in [6.07, 6.45) is 0. The predicted molar refractivity (Wildman–Crippen MR) is 73.0 cm³/mol. The number of aliphatic hydroxyl groups excluding tert-OH is 1. The van der Waals surface area contributed by atoms with Crippen molar-refractivity contribution in [3.05, 3.63) is 70.8 Å². The van der Waals surface area contributed by atoms with E-state index in [4.69, 9.17) is 5.11 Å². The summed E-state index contributed by atoms with van der Waals surface area (Å²) < 4.78 is 0. The van der Waals surface area contributed by atoms with Crippen LogP contribution < -0.4 is 0 Å². The molecule has 1 N–H and O–H groups in total. The molecule has 4 nitrogen and oxygen atoms in total. The lowest BCUT2D eigenvalue weighted by molar-refractivity contribution is 0.0642. The average molecular weight is 267 g/mol. The molecule has 1 aliphatic heterocycles. The van der Waals surface area contributed by atoms with Crippen LogP contribution in [0.1, 0.15) is 31.8 Å². The Hall–Kier alpha value is -2.46. The lowest BCUT2D eigenvalue weighted by Crippen LogP contribution is -2.29. The smallest absolute Gasteiger partial charge is 0.261 e. The van der Waals surface area contributed by atoms with Crippen molar-refractivity contribution in [1.82, 2.24) is 4.90 Å². The van der Waals surface area contributed by atoms with Gasteiger partial charge in [-0.25, -0.2) is 0 Å². The average Bonchev–Trinajstić information content (AvgIpc) is 2.74. The second-order valence-corrected chi connectivity index (χ2v) is 4.72. The zero-order valence-electron chi connectivity index (χ0n) is 10.7. The number of nitrogens with zero attached hydrogens (tertiary/aromatic N) is 1. The maximum absolute atomic E-state index is 12.2. The summed E-state index contributed by atoms with van der Waals surface area (Å²) >= 11 is 0. The summed E-state index contributed by atoms with van der Waals surface area (Å²) in [6.45, 7) is 0.228. The minimum absolute atomic E-state index is 0.0205. The van der Waals surface area contributed by atoms with Gasteiger partial charge in [0.1, 0.15) is 0 Å². The monoisotopic (exact) mass is 267 g/mol. The standard InChI is InChI=1S/C16H13NO3/c18-10-12-7-5-11(6-8-12)9-17-15(19)13-3-1-2-4-14(13)16(17)20/h1-8,18H,9-10H2. The van der Waals surface area contributed by atoms with Gasteiger partial charge < -0.3 is 5.11 Å². The van der Waals surface area contributed by atoms with Crippen LogP contribution in [0.3, 0.4) is 0 Å². The molecule has 1 aliphatic rings. The maximum atomic E-state index is 12.2. The number of benzene rings is 2. The van der Waals surface area contributed by atoms with Crippen LogP contribution in [0.4, 0.5) is 0 Å². The van der Waals surface area contributed by atoms with Gasteiger partial charge in [0.25, 0.3) is 11.8 Å². The fourth-order valence-electron chi connectivity index (χ4n) is 2.32. The second-order valence-electron chi connectivity index (χ2n) is 4.72. The molecular formula is C16H13NO3. The molecule has 0 unspecified atom stereocenters. The molecule has 0 bridgehead atoms. The highest BCUT2D eigenvalue weighted by atomic mass is 16.3. The van der Waals surface area contributed by atoms with E-state index in [0.29, 0.717) is 11.1 Å². The molecule has 0 fully saturated rings. The fraction of sp³-hybridized carbons (Fsp3) is 0.125. The largest absolute Gasteiger partial charge is 0.392 e. The summed E-state index contributed by atoms with van der Waals surface area (Å²) in [4.78, 5) is 25.6. The van der Waals surface area contributed by atoms with Crippen LogP contribution in [0.2, 0.25) is 0 Å². The molecule has 0 radical (unpaired) electrons. The van der Waals surface area contributed by atoms with Crippen LogP contribution in [-0.2, 0) is 13.2 Å². The highest BCUT2D eigenvalue weighted by molar-refractivity contribution is 6.21. The molecule has 20 heavy (non-hydrogen) atoms. The third-order valence-corrected chi connectivity index (χ3v) is 3.42. The summed E-state index contributed by atoms with van der Waals surface area (Å²) in [5.74, 6) is -0.506. The van der Waals surface area contributed by atoms with Crippen molar-refractivity contribution in [3.8, 4) is 0 Å². The Morgan fingerprint density at radius 1 is 0.800 bits per heavy atom. The van der Waals surface area contributed by atoms with Crippen LogP contribution >= 0.6 is 0 Å². The van der Waals surface area contributed by atoms with Gasteiger partial charge >= 0.3 is 0 Å². The van der Waals surface area contributed by atoms with E-state index in [-0.39, 0.29) is 25.0 Å². The molecular weight excluding hydrogens is 254 g/mol. The first-order valence-corrected chi connectivity index (χ1v) is 6.34. The van der Waals surface area contributed by atoms with Crippen LogP contribution in [-0.4, -0.2) is 21.8 Å². The van der Waals surface area contributed by atoms with Crippen molar-refractivity contribution in [1.29, 1.82) is 0 Å². The highest BCUT2D eigenvalue weighted by Gasteiger charge is 2.34. The van der Waals surface area contributed by atoms with Crippen LogP contribution in [0.5, 0.6) is 0 Å². The zero-order chi connectivity index (χ0) is 14.1. The Bertz CT molecular complexity index is 641. The van der Waals surface area contributed by atoms with E-state index in [2.05, 4.69) is 0 Å². The molecule has 0 saturated heterocycles. The van der Waals surface area contributed by atoms with Gasteiger partial charge in [-0.2, -0.15) is 0 Å². The van der Waals surface area contributed by atoms with Crippen molar-refractivity contribution in [2.75, 3.05) is 0 Å². The SMILES string of the molecule is O=C1c2ccccc2C(=O)N1Cc1ccc(CO)cc1. The molecule has 100 valence electrons. The topological polar surface area (TPSA) is 57.6 Å². The summed E-state index contributed by atoms with van der Waals surface area (Å²) in [6, 6.07) is 14.0. The van der Waals surface area contributed by atoms with Crippen molar-refractivity contribution < 1.29 is 14.7 Å². The first-order valence-electron chi connectivity index (χ1n) is 6.34. The van der Waals surface area contributed by atoms with Crippen LogP contribution in [0.25, 0.3) is 0 Å². The number of hydrogen-bond acceptors (Lipinski definition) is 3. The Kier molecular flexibility index (Phi) is 3.08. The molecule has 0 spiro atoms. The number of carbonyl (C=O) groups is 2. The van der Waals surface area contributed by atoms with Gasteiger partial charge in [0, 0.05) is 0 Å². The molecule has 3 rings (SSSR count). The van der Waals surface area contributed by atoms with E-state index >= 15 is 0 Å². The molecule has 0 saturated carbocycles. The molecule has 2 aromatic rings. The summed E-state index contributed by atoms with van der Waals surface area (Å²) in [5.41, 5.74) is 2.58. The van der Waals surface area contributed by atoms with Crippen molar-refractivity contribution in [2.24, 2.45) is 0 Å². The Labute approximate surface area is 116 Å². The van der Waals surface area contributed by atoms with E-state index in [1.807, 2.05) is 12.1 Å². The predicted octanol–water partition coefficient (Wildman–Crippen LogP) is 1.98. The highest BCUT2D eigenvalue weighted by Crippen LogP contribution is 2.24. The van der Waals surface area contributed by atoms with Crippen LogP contribution in [0.15, 0.2) is 48.5 Å². The minimum atomic E-state index is -0.253. The van der Waals surface area contributed by atoms with Gasteiger partial charge in [0.15, 0.2) is 0 Å². The Morgan fingerprint density at radius 3 is 1.80 bits per heavy atom. The Morgan fingerprint density at radius 2 is 1.30 bits per heavy atom. The number of carbonyl (C=O) groups excluding carboxylic acids is 2. The fourth-order valence-corrected chi connectivity index (χ4v) is 2.32. The minimum Gasteiger partial charge on any atom is -0.392 e. The molecule has 1 heterocycles.